The Morgan fingerprint density at radius 1 is 1.24 bits per heavy atom. The van der Waals surface area contributed by atoms with Crippen LogP contribution in [0.15, 0.2) is 48.0 Å². The van der Waals surface area contributed by atoms with Gasteiger partial charge in [0.1, 0.15) is 5.75 Å². The zero-order valence-corrected chi connectivity index (χ0v) is 15.8. The van der Waals surface area contributed by atoms with Gasteiger partial charge in [-0.15, -0.1) is 11.3 Å². The number of allylic oxidation sites excluding steroid dienone is 2. The fourth-order valence-corrected chi connectivity index (χ4v) is 3.80. The molecule has 126 valence electrons. The number of alkyl halides is 1. The van der Waals surface area contributed by atoms with Crippen molar-refractivity contribution in [3.63, 3.8) is 0 Å². The molecule has 2 aromatic heterocycles. The van der Waals surface area contributed by atoms with Gasteiger partial charge in [0.25, 0.3) is 0 Å². The van der Waals surface area contributed by atoms with Crippen molar-refractivity contribution in [2.75, 3.05) is 11.1 Å². The number of hydrogen-bond donors (Lipinski definition) is 1. The SMILES string of the molecule is Nc1nc(-c2cccc3c2C/C(=C\CCBr)c2cccnc2O3)cs1. The summed E-state index contributed by atoms with van der Waals surface area (Å²) in [5.74, 6) is 1.48. The molecular formula is C19H16BrN3OS. The average Bonchev–Trinajstić information content (AvgIpc) is 2.98. The molecule has 1 aliphatic heterocycles. The number of pyridine rings is 1. The number of benzene rings is 1. The lowest BCUT2D eigenvalue weighted by atomic mass is 9.94. The minimum atomic E-state index is 0.571. The van der Waals surface area contributed by atoms with Crippen molar-refractivity contribution in [3.05, 3.63) is 59.1 Å². The average molecular weight is 414 g/mol. The molecule has 0 fully saturated rings. The number of aromatic nitrogens is 2. The van der Waals surface area contributed by atoms with E-state index < -0.39 is 0 Å². The molecule has 4 nitrogen and oxygen atoms in total. The maximum atomic E-state index is 6.16. The van der Waals surface area contributed by atoms with Crippen LogP contribution in [0.3, 0.4) is 0 Å². The van der Waals surface area contributed by atoms with E-state index in [1.165, 1.54) is 16.9 Å². The first kappa shape index (κ1) is 16.3. The van der Waals surface area contributed by atoms with Gasteiger partial charge in [-0.05, 0) is 30.2 Å². The second-order valence-corrected chi connectivity index (χ2v) is 7.38. The second-order valence-electron chi connectivity index (χ2n) is 5.70. The van der Waals surface area contributed by atoms with E-state index in [2.05, 4.69) is 44.1 Å². The number of fused-ring (bicyclic) bond motifs is 2. The minimum absolute atomic E-state index is 0.571. The van der Waals surface area contributed by atoms with Crippen LogP contribution in [0.25, 0.3) is 16.8 Å². The van der Waals surface area contributed by atoms with E-state index in [0.29, 0.717) is 11.0 Å². The van der Waals surface area contributed by atoms with Crippen LogP contribution in [-0.2, 0) is 6.42 Å². The van der Waals surface area contributed by atoms with E-state index in [1.54, 1.807) is 6.20 Å². The van der Waals surface area contributed by atoms with E-state index in [4.69, 9.17) is 10.5 Å². The number of thiazole rings is 1. The lowest BCUT2D eigenvalue weighted by molar-refractivity contribution is 0.460. The highest BCUT2D eigenvalue weighted by Gasteiger charge is 2.22. The summed E-state index contributed by atoms with van der Waals surface area (Å²) in [4.78, 5) is 8.89. The van der Waals surface area contributed by atoms with E-state index >= 15 is 0 Å². The number of nitrogens with zero attached hydrogens (tertiary/aromatic N) is 2. The Morgan fingerprint density at radius 2 is 2.12 bits per heavy atom. The van der Waals surface area contributed by atoms with Crippen LogP contribution in [0.4, 0.5) is 5.13 Å². The van der Waals surface area contributed by atoms with Crippen LogP contribution in [-0.4, -0.2) is 15.3 Å². The Balaban J connectivity index is 1.88. The molecule has 0 radical (unpaired) electrons. The summed E-state index contributed by atoms with van der Waals surface area (Å²) in [7, 11) is 0. The van der Waals surface area contributed by atoms with Gasteiger partial charge >= 0.3 is 0 Å². The van der Waals surface area contributed by atoms with Crippen LogP contribution in [0.1, 0.15) is 17.5 Å². The summed E-state index contributed by atoms with van der Waals surface area (Å²) < 4.78 is 6.16. The predicted molar refractivity (Wildman–Crippen MR) is 106 cm³/mol. The summed E-state index contributed by atoms with van der Waals surface area (Å²) in [5, 5.41) is 3.48. The largest absolute Gasteiger partial charge is 0.438 e. The number of nitrogens with two attached hydrogens (primary N) is 1. The molecule has 1 aliphatic rings. The Kier molecular flexibility index (Phi) is 4.55. The van der Waals surface area contributed by atoms with Crippen LogP contribution >= 0.6 is 27.3 Å². The maximum absolute atomic E-state index is 6.16. The van der Waals surface area contributed by atoms with Gasteiger partial charge in [0.15, 0.2) is 5.13 Å². The molecule has 3 heterocycles. The highest BCUT2D eigenvalue weighted by molar-refractivity contribution is 9.09. The van der Waals surface area contributed by atoms with Crippen molar-refractivity contribution in [1.29, 1.82) is 0 Å². The molecule has 0 bridgehead atoms. The maximum Gasteiger partial charge on any atom is 0.226 e. The molecule has 0 unspecified atom stereocenters. The third kappa shape index (κ3) is 3.19. The molecular weight excluding hydrogens is 398 g/mol. The monoisotopic (exact) mass is 413 g/mol. The number of nitrogen functional groups attached to an aromatic ring is 1. The van der Waals surface area contributed by atoms with Crippen LogP contribution in [0.2, 0.25) is 0 Å². The summed E-state index contributed by atoms with van der Waals surface area (Å²) in [6, 6.07) is 10.1. The Hall–Kier alpha value is -2.18. The van der Waals surface area contributed by atoms with Gasteiger partial charge in [0, 0.05) is 40.0 Å². The van der Waals surface area contributed by atoms with Crippen molar-refractivity contribution in [2.24, 2.45) is 0 Å². The lowest BCUT2D eigenvalue weighted by Crippen LogP contribution is -1.94. The third-order valence-corrected chi connectivity index (χ3v) is 5.25. The lowest BCUT2D eigenvalue weighted by Gasteiger charge is -2.11. The number of ether oxygens (including phenoxy) is 1. The first-order valence-electron chi connectivity index (χ1n) is 7.98. The summed E-state index contributed by atoms with van der Waals surface area (Å²) >= 11 is 4.96. The molecule has 0 amide bonds. The van der Waals surface area contributed by atoms with Crippen molar-refractivity contribution < 1.29 is 4.74 Å². The first-order valence-corrected chi connectivity index (χ1v) is 9.98. The van der Waals surface area contributed by atoms with Crippen molar-refractivity contribution in [2.45, 2.75) is 12.8 Å². The molecule has 0 spiro atoms. The summed E-state index contributed by atoms with van der Waals surface area (Å²) in [6.45, 7) is 0. The fourth-order valence-electron chi connectivity index (χ4n) is 3.01. The molecule has 0 atom stereocenters. The van der Waals surface area contributed by atoms with Crippen LogP contribution in [0, 0.1) is 0 Å². The molecule has 25 heavy (non-hydrogen) atoms. The molecule has 4 rings (SSSR count). The topological polar surface area (TPSA) is 61.0 Å². The number of hydrogen-bond acceptors (Lipinski definition) is 5. The minimum Gasteiger partial charge on any atom is -0.438 e. The smallest absolute Gasteiger partial charge is 0.226 e. The molecule has 2 N–H and O–H groups in total. The Labute approximate surface area is 158 Å². The van der Waals surface area contributed by atoms with Gasteiger partial charge in [-0.25, -0.2) is 9.97 Å². The number of rotatable bonds is 3. The summed E-state index contributed by atoms with van der Waals surface area (Å²) in [6.07, 6.45) is 5.73. The van der Waals surface area contributed by atoms with E-state index in [0.717, 1.165) is 46.3 Å². The quantitative estimate of drug-likeness (QED) is 0.591. The molecule has 3 aromatic rings. The van der Waals surface area contributed by atoms with Gasteiger partial charge in [-0.1, -0.05) is 34.1 Å². The Bertz CT molecular complexity index is 951. The van der Waals surface area contributed by atoms with Gasteiger partial charge in [-0.2, -0.15) is 0 Å². The van der Waals surface area contributed by atoms with Crippen LogP contribution < -0.4 is 10.5 Å². The van der Waals surface area contributed by atoms with Gasteiger partial charge in [0.2, 0.25) is 5.88 Å². The highest BCUT2D eigenvalue weighted by atomic mass is 79.9. The van der Waals surface area contributed by atoms with Gasteiger partial charge in [0.05, 0.1) is 5.69 Å². The van der Waals surface area contributed by atoms with Crippen molar-refractivity contribution in [1.82, 2.24) is 9.97 Å². The zero-order chi connectivity index (χ0) is 17.2. The van der Waals surface area contributed by atoms with E-state index in [9.17, 15) is 0 Å². The van der Waals surface area contributed by atoms with Crippen molar-refractivity contribution >= 4 is 38.0 Å². The van der Waals surface area contributed by atoms with Crippen LogP contribution in [0.5, 0.6) is 11.6 Å². The standard InChI is InChI=1S/C19H16BrN3OS/c20-8-2-4-12-10-15-14(16-11-25-19(21)23-16)5-1-7-17(15)24-18-13(12)6-3-9-22-18/h1,3-7,9,11H,2,8,10H2,(H2,21,23)/b12-4+. The number of anilines is 1. The van der Waals surface area contributed by atoms with E-state index in [-0.39, 0.29) is 0 Å². The molecule has 6 heteroatoms. The van der Waals surface area contributed by atoms with Gasteiger partial charge in [-0.3, -0.25) is 0 Å². The predicted octanol–water partition coefficient (Wildman–Crippen LogP) is 5.30. The third-order valence-electron chi connectivity index (χ3n) is 4.12. The molecule has 1 aromatic carbocycles. The second kappa shape index (κ2) is 6.98. The molecule has 0 saturated heterocycles. The molecule has 0 saturated carbocycles. The van der Waals surface area contributed by atoms with E-state index in [1.807, 2.05) is 23.6 Å². The normalized spacial score (nSPS) is 14.5. The highest BCUT2D eigenvalue weighted by Crippen LogP contribution is 2.42. The first-order chi connectivity index (χ1) is 12.3. The summed E-state index contributed by atoms with van der Waals surface area (Å²) in [5.41, 5.74) is 11.2. The molecule has 0 aliphatic carbocycles. The number of halogens is 1. The Morgan fingerprint density at radius 3 is 2.92 bits per heavy atom. The van der Waals surface area contributed by atoms with Gasteiger partial charge < -0.3 is 10.5 Å². The fraction of sp³-hybridized carbons (Fsp3) is 0.158. The zero-order valence-electron chi connectivity index (χ0n) is 13.4. The van der Waals surface area contributed by atoms with Crippen molar-refractivity contribution in [3.8, 4) is 22.9 Å².